The molecule has 0 atom stereocenters. The average molecular weight is 509 g/mol. The third kappa shape index (κ3) is 3.98. The molecular formula is C28H26N7O3+. The molecule has 0 aliphatic carbocycles. The smallest absolute Gasteiger partial charge is 0.395 e. The maximum Gasteiger partial charge on any atom is 0.395 e. The van der Waals surface area contributed by atoms with Crippen LogP contribution in [0.2, 0.25) is 0 Å². The van der Waals surface area contributed by atoms with Gasteiger partial charge in [0.05, 0.1) is 13.1 Å². The van der Waals surface area contributed by atoms with Gasteiger partial charge in [0.25, 0.3) is 0 Å². The number of H-pyrrole nitrogens is 1. The van der Waals surface area contributed by atoms with E-state index in [1.807, 2.05) is 36.4 Å². The summed E-state index contributed by atoms with van der Waals surface area (Å²) >= 11 is 0. The number of aromatic nitrogens is 4. The lowest BCUT2D eigenvalue weighted by atomic mass is 9.73. The molecule has 38 heavy (non-hydrogen) atoms. The van der Waals surface area contributed by atoms with E-state index >= 15 is 0 Å². The summed E-state index contributed by atoms with van der Waals surface area (Å²) in [7, 11) is 0. The fourth-order valence-electron chi connectivity index (χ4n) is 5.49. The largest absolute Gasteiger partial charge is 0.438 e. The number of furan rings is 1. The van der Waals surface area contributed by atoms with Gasteiger partial charge in [-0.1, -0.05) is 41.4 Å². The van der Waals surface area contributed by atoms with E-state index in [4.69, 9.17) is 10.2 Å². The number of aromatic amines is 1. The van der Waals surface area contributed by atoms with Crippen LogP contribution in [0.5, 0.6) is 0 Å². The maximum atomic E-state index is 14.0. The van der Waals surface area contributed by atoms with Crippen LogP contribution in [-0.4, -0.2) is 56.6 Å². The topological polar surface area (TPSA) is 140 Å². The zero-order valence-corrected chi connectivity index (χ0v) is 20.6. The Morgan fingerprint density at radius 2 is 1.84 bits per heavy atom. The molecule has 190 valence electrons. The Labute approximate surface area is 218 Å². The van der Waals surface area contributed by atoms with Gasteiger partial charge in [-0.05, 0) is 52.6 Å². The Morgan fingerprint density at radius 3 is 2.58 bits per heavy atom. The van der Waals surface area contributed by atoms with E-state index < -0.39 is 16.3 Å². The molecule has 4 aromatic rings. The molecule has 0 unspecified atom stereocenters. The Morgan fingerprint density at radius 1 is 1.03 bits per heavy atom. The predicted octanol–water partition coefficient (Wildman–Crippen LogP) is 2.61. The summed E-state index contributed by atoms with van der Waals surface area (Å²) in [6, 6.07) is 18.9. The number of rotatable bonds is 3. The van der Waals surface area contributed by atoms with Crippen molar-refractivity contribution in [3.05, 3.63) is 94.7 Å². The highest BCUT2D eigenvalue weighted by Gasteiger charge is 2.56. The molecule has 0 saturated carbocycles. The molecule has 2 amide bonds. The number of hydrogen-bond acceptors (Lipinski definition) is 8. The van der Waals surface area contributed by atoms with E-state index in [0.29, 0.717) is 25.1 Å². The Hall–Kier alpha value is -4.59. The zero-order valence-electron chi connectivity index (χ0n) is 20.6. The molecule has 0 radical (unpaired) electrons. The van der Waals surface area contributed by atoms with Gasteiger partial charge in [0, 0.05) is 42.6 Å². The van der Waals surface area contributed by atoms with E-state index in [1.165, 1.54) is 5.56 Å². The highest BCUT2D eigenvalue weighted by molar-refractivity contribution is 5.99. The van der Waals surface area contributed by atoms with Crippen molar-refractivity contribution in [1.82, 2.24) is 20.6 Å². The molecule has 10 nitrogen and oxygen atoms in total. The molecule has 2 aliphatic heterocycles. The standard InChI is InChI=1S/C28H25N7O3/c29-17-20-7-10-23-22(16-20)28(18-30-23)12-14-35(15-13-28,27(37)25-31-33-34-32-25)26(36)24-11-9-21(38-24)8-6-19-4-2-1-3-5-19/h1-5,7,9-11,16,30H,12-15,17-18,29H2/p+1. The molecular weight excluding hydrogens is 482 g/mol. The SMILES string of the molecule is NCc1ccc2c(c1)C1(CC[N+](C(=O)c3nn[nH]n3)(C(=O)c3ccc(C#Cc4ccccc4)o3)CC1)CN2. The number of amides is 2. The molecule has 1 spiro atoms. The minimum absolute atomic E-state index is 0.0746. The number of likely N-dealkylation sites (tertiary alicyclic amines) is 1. The second kappa shape index (κ2) is 9.37. The minimum Gasteiger partial charge on any atom is -0.438 e. The number of quaternary nitrogens is 1. The molecule has 10 heteroatoms. The van der Waals surface area contributed by atoms with E-state index in [2.05, 4.69) is 49.9 Å². The average Bonchev–Trinajstić information content (AvgIpc) is 3.74. The summed E-state index contributed by atoms with van der Waals surface area (Å²) in [5.41, 5.74) is 9.85. The number of imide groups is 1. The van der Waals surface area contributed by atoms with Crippen LogP contribution in [0.4, 0.5) is 5.69 Å². The van der Waals surface area contributed by atoms with E-state index in [-0.39, 0.29) is 30.1 Å². The van der Waals surface area contributed by atoms with Crippen LogP contribution in [0.25, 0.3) is 0 Å². The zero-order chi connectivity index (χ0) is 26.2. The van der Waals surface area contributed by atoms with E-state index in [0.717, 1.165) is 23.4 Å². The van der Waals surface area contributed by atoms with Crippen LogP contribution in [0.1, 0.15) is 56.5 Å². The normalized spacial score (nSPS) is 21.8. The van der Waals surface area contributed by atoms with Crippen LogP contribution in [0.3, 0.4) is 0 Å². The molecule has 2 aromatic carbocycles. The fourth-order valence-corrected chi connectivity index (χ4v) is 5.49. The molecule has 4 heterocycles. The number of piperidine rings is 1. The first-order chi connectivity index (χ1) is 18.5. The van der Waals surface area contributed by atoms with Gasteiger partial charge in [0.2, 0.25) is 5.76 Å². The first kappa shape index (κ1) is 23.8. The number of tetrazole rings is 1. The summed E-state index contributed by atoms with van der Waals surface area (Å²) in [5.74, 6) is 5.32. The summed E-state index contributed by atoms with van der Waals surface area (Å²) in [6.07, 6.45) is 1.22. The van der Waals surface area contributed by atoms with Gasteiger partial charge < -0.3 is 15.5 Å². The Bertz CT molecular complexity index is 1560. The van der Waals surface area contributed by atoms with Crippen LogP contribution in [-0.2, 0) is 12.0 Å². The molecule has 4 N–H and O–H groups in total. The number of anilines is 1. The first-order valence-electron chi connectivity index (χ1n) is 12.5. The van der Waals surface area contributed by atoms with Gasteiger partial charge in [-0.25, -0.2) is 9.59 Å². The van der Waals surface area contributed by atoms with Crippen LogP contribution >= 0.6 is 0 Å². The summed E-state index contributed by atoms with van der Waals surface area (Å²) < 4.78 is 5.36. The Balaban J connectivity index is 1.31. The number of benzene rings is 2. The number of nitrogens with zero attached hydrogens (tertiary/aromatic N) is 4. The lowest BCUT2D eigenvalue weighted by molar-refractivity contribution is -0.775. The van der Waals surface area contributed by atoms with Gasteiger partial charge in [-0.3, -0.25) is 0 Å². The van der Waals surface area contributed by atoms with Crippen molar-refractivity contribution in [2.75, 3.05) is 25.0 Å². The van der Waals surface area contributed by atoms with Crippen LogP contribution in [0, 0.1) is 11.8 Å². The molecule has 1 saturated heterocycles. The van der Waals surface area contributed by atoms with Gasteiger partial charge in [0.1, 0.15) is 0 Å². The van der Waals surface area contributed by atoms with Crippen molar-refractivity contribution in [3.8, 4) is 11.8 Å². The number of fused-ring (bicyclic) bond motifs is 2. The van der Waals surface area contributed by atoms with E-state index in [9.17, 15) is 9.59 Å². The van der Waals surface area contributed by atoms with Crippen LogP contribution < -0.4 is 11.1 Å². The highest BCUT2D eigenvalue weighted by atomic mass is 16.4. The van der Waals surface area contributed by atoms with Crippen molar-refractivity contribution in [3.63, 3.8) is 0 Å². The highest BCUT2D eigenvalue weighted by Crippen LogP contribution is 2.46. The van der Waals surface area contributed by atoms with Gasteiger partial charge in [-0.2, -0.15) is 9.70 Å². The second-order valence-corrected chi connectivity index (χ2v) is 9.76. The molecule has 6 rings (SSSR count). The first-order valence-corrected chi connectivity index (χ1v) is 12.5. The van der Waals surface area contributed by atoms with Crippen LogP contribution in [0.15, 0.2) is 65.1 Å². The summed E-state index contributed by atoms with van der Waals surface area (Å²) in [4.78, 5) is 27.7. The molecule has 2 aliphatic rings. The number of nitrogens with two attached hydrogens (primary N) is 1. The number of carbonyl (C=O) groups is 2. The quantitative estimate of drug-likeness (QED) is 0.218. The van der Waals surface area contributed by atoms with Crippen molar-refractivity contribution < 1.29 is 18.5 Å². The monoisotopic (exact) mass is 508 g/mol. The number of carbonyl (C=O) groups excluding carboxylic acids is 2. The van der Waals surface area contributed by atoms with Crippen molar-refractivity contribution >= 4 is 17.5 Å². The number of hydrogen-bond donors (Lipinski definition) is 3. The van der Waals surface area contributed by atoms with Crippen molar-refractivity contribution in [2.45, 2.75) is 24.8 Å². The molecule has 0 bridgehead atoms. The number of nitrogens with one attached hydrogen (secondary N) is 2. The summed E-state index contributed by atoms with van der Waals surface area (Å²) in [5, 5.41) is 17.1. The van der Waals surface area contributed by atoms with Crippen molar-refractivity contribution in [2.24, 2.45) is 5.73 Å². The van der Waals surface area contributed by atoms with Gasteiger partial charge >= 0.3 is 17.6 Å². The minimum atomic E-state index is -0.506. The van der Waals surface area contributed by atoms with Crippen molar-refractivity contribution in [1.29, 1.82) is 0 Å². The maximum absolute atomic E-state index is 14.0. The Kier molecular flexibility index (Phi) is 5.87. The fraction of sp³-hybridized carbons (Fsp3) is 0.250. The lowest BCUT2D eigenvalue weighted by Crippen LogP contribution is -2.63. The van der Waals surface area contributed by atoms with Gasteiger partial charge in [-0.15, -0.1) is 5.10 Å². The second-order valence-electron chi connectivity index (χ2n) is 9.76. The third-order valence-electron chi connectivity index (χ3n) is 7.69. The molecule has 2 aromatic heterocycles. The summed E-state index contributed by atoms with van der Waals surface area (Å²) in [6.45, 7) is 1.73. The van der Waals surface area contributed by atoms with E-state index in [1.54, 1.807) is 12.1 Å². The van der Waals surface area contributed by atoms with Gasteiger partial charge in [0.15, 0.2) is 5.76 Å². The third-order valence-corrected chi connectivity index (χ3v) is 7.69. The lowest BCUT2D eigenvalue weighted by Gasteiger charge is -2.42. The predicted molar refractivity (Wildman–Crippen MR) is 138 cm³/mol. The molecule has 1 fully saturated rings.